The second kappa shape index (κ2) is 6.43. The maximum absolute atomic E-state index is 12.0. The number of carbonyl (C=O) groups is 1. The number of hydrogen-bond acceptors (Lipinski definition) is 4. The average Bonchev–Trinajstić information content (AvgIpc) is 2.49. The summed E-state index contributed by atoms with van der Waals surface area (Å²) in [5.41, 5.74) is 0.898. The van der Waals surface area contributed by atoms with Gasteiger partial charge in [-0.1, -0.05) is 0 Å². The van der Waals surface area contributed by atoms with Crippen LogP contribution >= 0.6 is 0 Å². The van der Waals surface area contributed by atoms with Gasteiger partial charge in [0, 0.05) is 11.9 Å². The summed E-state index contributed by atoms with van der Waals surface area (Å²) in [4.78, 5) is 15.7. The molecule has 21 heavy (non-hydrogen) atoms. The Balaban J connectivity index is 2.03. The van der Waals surface area contributed by atoms with Gasteiger partial charge in [0.1, 0.15) is 17.5 Å². The van der Waals surface area contributed by atoms with E-state index in [0.717, 1.165) is 0 Å². The van der Waals surface area contributed by atoms with Crippen LogP contribution in [0, 0.1) is 11.3 Å². The van der Waals surface area contributed by atoms with Crippen LogP contribution in [0.5, 0.6) is 5.75 Å². The van der Waals surface area contributed by atoms with E-state index in [1.54, 1.807) is 0 Å². The highest BCUT2D eigenvalue weighted by Crippen LogP contribution is 2.18. The van der Waals surface area contributed by atoms with Crippen molar-refractivity contribution in [3.05, 3.63) is 53.9 Å². The lowest BCUT2D eigenvalue weighted by atomic mass is 10.2. The zero-order chi connectivity index (χ0) is 15.2. The van der Waals surface area contributed by atoms with Crippen LogP contribution < -0.4 is 10.1 Å². The Morgan fingerprint density at radius 1 is 1.24 bits per heavy atom. The Labute approximate surface area is 118 Å². The summed E-state index contributed by atoms with van der Waals surface area (Å²) < 4.78 is 28.2. The van der Waals surface area contributed by atoms with Gasteiger partial charge < -0.3 is 10.1 Å². The van der Waals surface area contributed by atoms with Gasteiger partial charge in [0.15, 0.2) is 0 Å². The van der Waals surface area contributed by atoms with Gasteiger partial charge in [0.2, 0.25) is 0 Å². The summed E-state index contributed by atoms with van der Waals surface area (Å²) in [6, 6.07) is 10.3. The number of halogens is 2. The summed E-state index contributed by atoms with van der Waals surface area (Å²) in [5.74, 6) is -0.471. The zero-order valence-electron chi connectivity index (χ0n) is 10.6. The molecule has 1 aromatic heterocycles. The molecule has 0 aliphatic carbocycles. The third kappa shape index (κ3) is 3.98. The third-order valence-electron chi connectivity index (χ3n) is 2.46. The van der Waals surface area contributed by atoms with Crippen molar-refractivity contribution in [2.24, 2.45) is 0 Å². The second-order valence-electron chi connectivity index (χ2n) is 3.90. The summed E-state index contributed by atoms with van der Waals surface area (Å²) in [7, 11) is 0. The first-order valence-corrected chi connectivity index (χ1v) is 5.81. The maximum Gasteiger partial charge on any atom is 0.387 e. The van der Waals surface area contributed by atoms with E-state index in [9.17, 15) is 13.6 Å². The number of benzene rings is 1. The fourth-order valence-corrected chi connectivity index (χ4v) is 1.51. The average molecular weight is 289 g/mol. The summed E-state index contributed by atoms with van der Waals surface area (Å²) in [6.07, 6.45) is 1.29. The van der Waals surface area contributed by atoms with Crippen LogP contribution in [0.2, 0.25) is 0 Å². The van der Waals surface area contributed by atoms with Crippen LogP contribution in [-0.2, 0) is 0 Å². The van der Waals surface area contributed by atoms with Crippen molar-refractivity contribution in [1.29, 1.82) is 5.26 Å². The van der Waals surface area contributed by atoms with Crippen LogP contribution in [0.1, 0.15) is 16.1 Å². The largest absolute Gasteiger partial charge is 0.435 e. The van der Waals surface area contributed by atoms with Crippen molar-refractivity contribution in [3.8, 4) is 11.8 Å². The fraction of sp³-hybridized carbons (Fsp3) is 0.0714. The Bertz CT molecular complexity index is 664. The Hall–Kier alpha value is -3.01. The molecule has 0 aliphatic rings. The number of pyridine rings is 1. The number of hydrogen-bond donors (Lipinski definition) is 1. The van der Waals surface area contributed by atoms with E-state index >= 15 is 0 Å². The van der Waals surface area contributed by atoms with Gasteiger partial charge in [-0.15, -0.1) is 0 Å². The van der Waals surface area contributed by atoms with E-state index in [4.69, 9.17) is 5.26 Å². The lowest BCUT2D eigenvalue weighted by Crippen LogP contribution is -2.13. The summed E-state index contributed by atoms with van der Waals surface area (Å²) >= 11 is 0. The van der Waals surface area contributed by atoms with Gasteiger partial charge in [0.25, 0.3) is 5.91 Å². The molecule has 1 heterocycles. The Morgan fingerprint density at radius 2 is 1.95 bits per heavy atom. The Kier molecular flexibility index (Phi) is 4.41. The van der Waals surface area contributed by atoms with E-state index in [0.29, 0.717) is 11.3 Å². The van der Waals surface area contributed by atoms with Gasteiger partial charge in [-0.25, -0.2) is 4.98 Å². The molecular formula is C14H9F2N3O2. The molecule has 0 atom stereocenters. The standard InChI is InChI=1S/C14H9F2N3O2/c15-14(16)21-11-4-2-10(3-5-11)19-13(20)12-6-1-9(7-17)8-18-12/h1-6,8,14H,(H,19,20). The normalized spacial score (nSPS) is 10.0. The van der Waals surface area contributed by atoms with Crippen molar-refractivity contribution in [3.63, 3.8) is 0 Å². The van der Waals surface area contributed by atoms with Crippen LogP contribution in [0.3, 0.4) is 0 Å². The quantitative estimate of drug-likeness (QED) is 0.939. The van der Waals surface area contributed by atoms with Crippen molar-refractivity contribution < 1.29 is 18.3 Å². The molecule has 5 nitrogen and oxygen atoms in total. The molecule has 0 saturated carbocycles. The molecule has 0 aliphatic heterocycles. The lowest BCUT2D eigenvalue weighted by Gasteiger charge is -2.07. The van der Waals surface area contributed by atoms with Gasteiger partial charge in [-0.2, -0.15) is 14.0 Å². The second-order valence-corrected chi connectivity index (χ2v) is 3.90. The van der Waals surface area contributed by atoms with E-state index < -0.39 is 12.5 Å². The number of carbonyl (C=O) groups excluding carboxylic acids is 1. The number of nitriles is 1. The number of nitrogens with zero attached hydrogens (tertiary/aromatic N) is 2. The maximum atomic E-state index is 12.0. The molecule has 1 amide bonds. The lowest BCUT2D eigenvalue weighted by molar-refractivity contribution is -0.0498. The molecular weight excluding hydrogens is 280 g/mol. The number of ether oxygens (including phenoxy) is 1. The molecule has 2 rings (SSSR count). The van der Waals surface area contributed by atoms with Crippen molar-refractivity contribution in [2.75, 3.05) is 5.32 Å². The molecule has 2 aromatic rings. The molecule has 0 unspecified atom stereocenters. The van der Waals surface area contributed by atoms with Crippen LogP contribution in [-0.4, -0.2) is 17.5 Å². The predicted molar refractivity (Wildman–Crippen MR) is 70.0 cm³/mol. The number of aromatic nitrogens is 1. The highest BCUT2D eigenvalue weighted by Gasteiger charge is 2.08. The molecule has 0 fully saturated rings. The first-order chi connectivity index (χ1) is 10.1. The SMILES string of the molecule is N#Cc1ccc(C(=O)Nc2ccc(OC(F)F)cc2)nc1. The van der Waals surface area contributed by atoms with Gasteiger partial charge in [0.05, 0.1) is 5.56 Å². The van der Waals surface area contributed by atoms with Crippen molar-refractivity contribution in [1.82, 2.24) is 4.98 Å². The molecule has 1 aromatic carbocycles. The van der Waals surface area contributed by atoms with E-state index in [1.165, 1.54) is 42.6 Å². The van der Waals surface area contributed by atoms with Crippen LogP contribution in [0.25, 0.3) is 0 Å². The van der Waals surface area contributed by atoms with E-state index in [-0.39, 0.29) is 11.4 Å². The van der Waals surface area contributed by atoms with Crippen LogP contribution in [0.4, 0.5) is 14.5 Å². The summed E-state index contributed by atoms with van der Waals surface area (Å²) in [5, 5.41) is 11.2. The highest BCUT2D eigenvalue weighted by atomic mass is 19.3. The smallest absolute Gasteiger partial charge is 0.387 e. The van der Waals surface area contributed by atoms with Gasteiger partial charge in [-0.05, 0) is 36.4 Å². The monoisotopic (exact) mass is 289 g/mol. The number of alkyl halides is 2. The minimum absolute atomic E-state index is 0.000466. The topological polar surface area (TPSA) is 75.0 Å². The first-order valence-electron chi connectivity index (χ1n) is 5.81. The van der Waals surface area contributed by atoms with Crippen LogP contribution in [0.15, 0.2) is 42.6 Å². The summed E-state index contributed by atoms with van der Waals surface area (Å²) in [6.45, 7) is -2.90. The number of rotatable bonds is 4. The molecule has 0 bridgehead atoms. The molecule has 7 heteroatoms. The highest BCUT2D eigenvalue weighted by molar-refractivity contribution is 6.02. The minimum Gasteiger partial charge on any atom is -0.435 e. The van der Waals surface area contributed by atoms with Crippen molar-refractivity contribution in [2.45, 2.75) is 6.61 Å². The van der Waals surface area contributed by atoms with Gasteiger partial charge >= 0.3 is 6.61 Å². The predicted octanol–water partition coefficient (Wildman–Crippen LogP) is 2.81. The number of anilines is 1. The number of nitrogens with one attached hydrogen (secondary N) is 1. The Morgan fingerprint density at radius 3 is 2.48 bits per heavy atom. The number of amides is 1. The molecule has 0 spiro atoms. The molecule has 0 radical (unpaired) electrons. The first kappa shape index (κ1) is 14.4. The molecule has 1 N–H and O–H groups in total. The zero-order valence-corrected chi connectivity index (χ0v) is 10.6. The fourth-order valence-electron chi connectivity index (χ4n) is 1.51. The molecule has 106 valence electrons. The van der Waals surface area contributed by atoms with Crippen molar-refractivity contribution >= 4 is 11.6 Å². The minimum atomic E-state index is -2.90. The van der Waals surface area contributed by atoms with E-state index in [1.807, 2.05) is 6.07 Å². The van der Waals surface area contributed by atoms with Gasteiger partial charge in [-0.3, -0.25) is 4.79 Å². The molecule has 0 saturated heterocycles. The van der Waals surface area contributed by atoms with E-state index in [2.05, 4.69) is 15.0 Å². The third-order valence-corrected chi connectivity index (χ3v) is 2.46.